The van der Waals surface area contributed by atoms with Gasteiger partial charge in [0.15, 0.2) is 0 Å². The summed E-state index contributed by atoms with van der Waals surface area (Å²) in [6.07, 6.45) is 2.90. The minimum atomic E-state index is -1.21. The van der Waals surface area contributed by atoms with Crippen LogP contribution in [0.5, 0.6) is 0 Å². The molecule has 0 unspecified atom stereocenters. The van der Waals surface area contributed by atoms with Gasteiger partial charge in [-0.2, -0.15) is 0 Å². The molecule has 4 rings (SSSR count). The minimum Gasteiger partial charge on any atom is -0.348 e. The zero-order chi connectivity index (χ0) is 20.5. The van der Waals surface area contributed by atoms with Gasteiger partial charge in [-0.15, -0.1) is 0 Å². The number of imide groups is 1. The summed E-state index contributed by atoms with van der Waals surface area (Å²) in [7, 11) is 0. The second-order valence-electron chi connectivity index (χ2n) is 6.44. The highest BCUT2D eigenvalue weighted by Crippen LogP contribution is 2.27. The van der Waals surface area contributed by atoms with Crippen LogP contribution in [0.4, 0.5) is 10.1 Å². The highest BCUT2D eigenvalue weighted by Gasteiger charge is 2.43. The molecule has 1 atom stereocenters. The van der Waals surface area contributed by atoms with Crippen molar-refractivity contribution in [3.8, 4) is 0 Å². The maximum atomic E-state index is 14.1. The van der Waals surface area contributed by atoms with E-state index >= 15 is 0 Å². The summed E-state index contributed by atoms with van der Waals surface area (Å²) in [4.78, 5) is 46.4. The van der Waals surface area contributed by atoms with Crippen LogP contribution in [0.25, 0.3) is 0 Å². The monoisotopic (exact) mass is 412 g/mol. The van der Waals surface area contributed by atoms with E-state index in [1.807, 2.05) is 0 Å². The molecule has 146 valence electrons. The topological polar surface area (TPSA) is 95.2 Å². The van der Waals surface area contributed by atoms with Crippen molar-refractivity contribution in [2.24, 2.45) is 0 Å². The lowest BCUT2D eigenvalue weighted by Gasteiger charge is -2.25. The first-order valence-electron chi connectivity index (χ1n) is 8.66. The van der Waals surface area contributed by atoms with Crippen LogP contribution in [-0.4, -0.2) is 38.6 Å². The Morgan fingerprint density at radius 3 is 2.45 bits per heavy atom. The van der Waals surface area contributed by atoms with Gasteiger partial charge in [-0.25, -0.2) is 9.37 Å². The molecule has 1 aromatic heterocycles. The molecule has 2 heterocycles. The van der Waals surface area contributed by atoms with Gasteiger partial charge in [-0.05, 0) is 30.3 Å². The van der Waals surface area contributed by atoms with Gasteiger partial charge >= 0.3 is 0 Å². The molecule has 0 radical (unpaired) electrons. The molecule has 3 aromatic rings. The predicted octanol–water partition coefficient (Wildman–Crippen LogP) is 3.05. The molecule has 2 N–H and O–H groups in total. The summed E-state index contributed by atoms with van der Waals surface area (Å²) in [5.41, 5.74) is 0.874. The number of anilines is 1. The second-order valence-corrected chi connectivity index (χ2v) is 6.87. The van der Waals surface area contributed by atoms with E-state index in [2.05, 4.69) is 15.3 Å². The van der Waals surface area contributed by atoms with Gasteiger partial charge in [0.25, 0.3) is 11.8 Å². The molecule has 1 aliphatic heterocycles. The Labute approximate surface area is 169 Å². The van der Waals surface area contributed by atoms with Gasteiger partial charge in [-0.1, -0.05) is 23.7 Å². The lowest BCUT2D eigenvalue weighted by Crippen LogP contribution is -2.48. The number of amides is 3. The molecule has 9 heteroatoms. The van der Waals surface area contributed by atoms with Crippen LogP contribution in [-0.2, 0) is 11.2 Å². The number of carbonyl (C=O) groups is 3. The minimum absolute atomic E-state index is 0.00743. The number of rotatable bonds is 5. The molecule has 2 aromatic carbocycles. The van der Waals surface area contributed by atoms with Gasteiger partial charge in [0, 0.05) is 23.3 Å². The zero-order valence-electron chi connectivity index (χ0n) is 14.9. The number of nitrogens with zero attached hydrogens (tertiary/aromatic N) is 2. The van der Waals surface area contributed by atoms with E-state index in [1.165, 1.54) is 36.8 Å². The summed E-state index contributed by atoms with van der Waals surface area (Å²) >= 11 is 5.74. The maximum Gasteiger partial charge on any atom is 0.262 e. The Balaban J connectivity index is 1.68. The summed E-state index contributed by atoms with van der Waals surface area (Å²) in [5.74, 6) is -2.60. The molecule has 7 nitrogen and oxygen atoms in total. The average molecular weight is 413 g/mol. The predicted molar refractivity (Wildman–Crippen MR) is 103 cm³/mol. The van der Waals surface area contributed by atoms with E-state index < -0.39 is 29.6 Å². The normalized spacial score (nSPS) is 14.1. The third-order valence-electron chi connectivity index (χ3n) is 4.60. The van der Waals surface area contributed by atoms with Crippen LogP contribution in [0.1, 0.15) is 26.4 Å². The van der Waals surface area contributed by atoms with E-state index in [-0.39, 0.29) is 28.3 Å². The largest absolute Gasteiger partial charge is 0.348 e. The number of aromatic nitrogens is 2. The van der Waals surface area contributed by atoms with Crippen molar-refractivity contribution in [1.82, 2.24) is 14.9 Å². The first kappa shape index (κ1) is 18.8. The molecule has 0 fully saturated rings. The van der Waals surface area contributed by atoms with Crippen LogP contribution in [0, 0.1) is 5.82 Å². The Kier molecular flexibility index (Phi) is 4.85. The van der Waals surface area contributed by atoms with Crippen molar-refractivity contribution in [2.75, 3.05) is 5.32 Å². The number of hydrogen-bond donors (Lipinski definition) is 2. The number of aromatic amines is 1. The zero-order valence-corrected chi connectivity index (χ0v) is 15.6. The molecule has 0 saturated carbocycles. The number of imidazole rings is 1. The highest BCUT2D eigenvalue weighted by atomic mass is 35.5. The van der Waals surface area contributed by atoms with Crippen LogP contribution in [0.2, 0.25) is 5.02 Å². The third kappa shape index (κ3) is 3.50. The fraction of sp³-hybridized carbons (Fsp3) is 0.100. The average Bonchev–Trinajstić information content (AvgIpc) is 3.30. The fourth-order valence-electron chi connectivity index (χ4n) is 3.20. The Morgan fingerprint density at radius 1 is 1.17 bits per heavy atom. The number of carbonyl (C=O) groups excluding carboxylic acids is 3. The Hall–Kier alpha value is -3.52. The Morgan fingerprint density at radius 2 is 1.86 bits per heavy atom. The Bertz CT molecular complexity index is 1080. The van der Waals surface area contributed by atoms with Crippen molar-refractivity contribution >= 4 is 35.0 Å². The maximum absolute atomic E-state index is 14.1. The second kappa shape index (κ2) is 7.48. The highest BCUT2D eigenvalue weighted by molar-refractivity contribution is 6.30. The molecule has 1 aliphatic rings. The summed E-state index contributed by atoms with van der Waals surface area (Å²) in [6, 6.07) is 8.92. The number of halogens is 2. The molecule has 0 saturated heterocycles. The van der Waals surface area contributed by atoms with Crippen molar-refractivity contribution < 1.29 is 18.8 Å². The van der Waals surface area contributed by atoms with Crippen molar-refractivity contribution in [2.45, 2.75) is 12.5 Å². The van der Waals surface area contributed by atoms with E-state index in [4.69, 9.17) is 11.6 Å². The molecule has 0 bridgehead atoms. The van der Waals surface area contributed by atoms with Crippen LogP contribution in [0.15, 0.2) is 55.0 Å². The quantitative estimate of drug-likeness (QED) is 0.630. The first-order chi connectivity index (χ1) is 14.0. The summed E-state index contributed by atoms with van der Waals surface area (Å²) < 4.78 is 14.1. The summed E-state index contributed by atoms with van der Waals surface area (Å²) in [6.45, 7) is 0. The molecule has 3 amide bonds. The molecular weight excluding hydrogens is 399 g/mol. The molecule has 0 spiro atoms. The first-order valence-corrected chi connectivity index (χ1v) is 9.03. The smallest absolute Gasteiger partial charge is 0.262 e. The van der Waals surface area contributed by atoms with E-state index in [1.54, 1.807) is 12.1 Å². The van der Waals surface area contributed by atoms with Gasteiger partial charge in [0.2, 0.25) is 5.91 Å². The van der Waals surface area contributed by atoms with Crippen LogP contribution in [0.3, 0.4) is 0 Å². The van der Waals surface area contributed by atoms with Crippen molar-refractivity contribution in [1.29, 1.82) is 0 Å². The van der Waals surface area contributed by atoms with Gasteiger partial charge in [-0.3, -0.25) is 19.3 Å². The van der Waals surface area contributed by atoms with Gasteiger partial charge in [0.05, 0.1) is 23.1 Å². The lowest BCUT2D eigenvalue weighted by atomic mass is 10.1. The van der Waals surface area contributed by atoms with E-state index in [0.717, 1.165) is 11.0 Å². The number of fused-ring (bicyclic) bond motifs is 1. The molecule has 29 heavy (non-hydrogen) atoms. The SMILES string of the molecule is O=C(Nc1ccc(Cl)cc1F)[C@@H](Cc1cnc[nH]1)N1C(=O)c2ccccc2C1=O. The van der Waals surface area contributed by atoms with Crippen LogP contribution >= 0.6 is 11.6 Å². The standard InChI is InChI=1S/C20H14ClFN4O3/c21-11-5-6-16(15(22)7-11)25-18(27)17(8-12-9-23-10-24-12)26-19(28)13-3-1-2-4-14(13)20(26)29/h1-7,9-10,17H,8H2,(H,23,24)(H,25,27)/t17-/m1/s1. The number of benzene rings is 2. The molecule has 0 aliphatic carbocycles. The van der Waals surface area contributed by atoms with Gasteiger partial charge in [0.1, 0.15) is 11.9 Å². The lowest BCUT2D eigenvalue weighted by molar-refractivity contribution is -0.120. The third-order valence-corrected chi connectivity index (χ3v) is 4.83. The van der Waals surface area contributed by atoms with E-state index in [0.29, 0.717) is 5.69 Å². The number of H-pyrrole nitrogens is 1. The van der Waals surface area contributed by atoms with Crippen molar-refractivity contribution in [3.63, 3.8) is 0 Å². The van der Waals surface area contributed by atoms with E-state index in [9.17, 15) is 18.8 Å². The summed E-state index contributed by atoms with van der Waals surface area (Å²) in [5, 5.41) is 2.62. The number of hydrogen-bond acceptors (Lipinski definition) is 4. The number of nitrogens with one attached hydrogen (secondary N) is 2. The fourth-order valence-corrected chi connectivity index (χ4v) is 3.36. The van der Waals surface area contributed by atoms with Crippen LogP contribution < -0.4 is 5.32 Å². The molecular formula is C20H14ClFN4O3. The van der Waals surface area contributed by atoms with Crippen molar-refractivity contribution in [3.05, 3.63) is 82.6 Å². The van der Waals surface area contributed by atoms with Gasteiger partial charge < -0.3 is 10.3 Å².